The Labute approximate surface area is 164 Å². The molecule has 1 saturated heterocycles. The lowest BCUT2D eigenvalue weighted by Crippen LogP contribution is -2.48. The molecule has 2 heterocycles. The van der Waals surface area contributed by atoms with E-state index in [9.17, 15) is 4.79 Å². The lowest BCUT2D eigenvalue weighted by atomic mass is 9.88. The molecule has 4 rings (SSSR count). The Bertz CT molecular complexity index is 918. The van der Waals surface area contributed by atoms with Crippen molar-refractivity contribution in [2.75, 3.05) is 18.4 Å². The van der Waals surface area contributed by atoms with Gasteiger partial charge in [0.25, 0.3) is 0 Å². The predicted octanol–water partition coefficient (Wildman–Crippen LogP) is 2.38. The van der Waals surface area contributed by atoms with Gasteiger partial charge in [-0.15, -0.1) is 10.2 Å². The van der Waals surface area contributed by atoms with Crippen molar-refractivity contribution in [3.05, 3.63) is 60.2 Å². The number of benzene rings is 2. The first-order valence-corrected chi connectivity index (χ1v) is 9.63. The average molecular weight is 376 g/mol. The number of aromatic nitrogens is 4. The molecule has 1 aromatic heterocycles. The number of hydrogen-bond donors (Lipinski definition) is 2. The monoisotopic (exact) mass is 376 g/mol. The van der Waals surface area contributed by atoms with Crippen LogP contribution in [0.1, 0.15) is 12.5 Å². The van der Waals surface area contributed by atoms with E-state index in [0.717, 1.165) is 36.3 Å². The number of nitrogens with one attached hydrogen (secondary N) is 2. The van der Waals surface area contributed by atoms with E-state index in [1.807, 2.05) is 61.5 Å². The Morgan fingerprint density at radius 1 is 1.18 bits per heavy atom. The van der Waals surface area contributed by atoms with Crippen LogP contribution >= 0.6 is 0 Å². The van der Waals surface area contributed by atoms with Gasteiger partial charge in [-0.2, -0.15) is 4.80 Å². The zero-order valence-corrected chi connectivity index (χ0v) is 15.9. The van der Waals surface area contributed by atoms with Gasteiger partial charge < -0.3 is 10.6 Å². The summed E-state index contributed by atoms with van der Waals surface area (Å²) in [4.78, 5) is 13.9. The number of anilines is 1. The van der Waals surface area contributed by atoms with Crippen molar-refractivity contribution >= 4 is 11.6 Å². The van der Waals surface area contributed by atoms with E-state index in [1.54, 1.807) is 4.80 Å². The quantitative estimate of drug-likeness (QED) is 0.661. The van der Waals surface area contributed by atoms with Gasteiger partial charge in [0, 0.05) is 17.2 Å². The van der Waals surface area contributed by atoms with Gasteiger partial charge in [0.1, 0.15) is 0 Å². The molecule has 1 unspecified atom stereocenters. The van der Waals surface area contributed by atoms with Gasteiger partial charge >= 0.3 is 0 Å². The van der Waals surface area contributed by atoms with Crippen LogP contribution in [-0.4, -0.2) is 39.2 Å². The molecule has 0 radical (unpaired) electrons. The number of tetrazole rings is 1. The van der Waals surface area contributed by atoms with Crippen LogP contribution in [0.15, 0.2) is 54.6 Å². The average Bonchev–Trinajstić information content (AvgIpc) is 3.16. The number of aryl methyl sites for hydroxylation is 2. The molecule has 1 aliphatic heterocycles. The number of nitrogens with zero attached hydrogens (tertiary/aromatic N) is 4. The van der Waals surface area contributed by atoms with Crippen LogP contribution in [-0.2, 0) is 17.8 Å². The molecule has 0 spiro atoms. The standard InChI is InChI=1S/C21H24N6O/c1-15(18-13-22-14-18)21(28)23-19-9-7-16(8-10-19)11-12-27-25-20(24-26-27)17-5-3-2-4-6-17/h2-10,15,18,22H,11-14H2,1H3,(H,23,28). The number of rotatable bonds is 7. The maximum absolute atomic E-state index is 12.3. The topological polar surface area (TPSA) is 84.7 Å². The SMILES string of the molecule is CC(C(=O)Nc1ccc(CCn2nnc(-c3ccccc3)n2)cc1)C1CNC1. The third kappa shape index (κ3) is 4.26. The predicted molar refractivity (Wildman–Crippen MR) is 108 cm³/mol. The molecule has 0 bridgehead atoms. The Morgan fingerprint density at radius 3 is 2.61 bits per heavy atom. The summed E-state index contributed by atoms with van der Waals surface area (Å²) in [5, 5.41) is 18.9. The second kappa shape index (κ2) is 8.31. The second-order valence-corrected chi connectivity index (χ2v) is 7.22. The molecular weight excluding hydrogens is 352 g/mol. The highest BCUT2D eigenvalue weighted by molar-refractivity contribution is 5.92. The molecule has 7 heteroatoms. The van der Waals surface area contributed by atoms with Crippen molar-refractivity contribution in [3.8, 4) is 11.4 Å². The lowest BCUT2D eigenvalue weighted by molar-refractivity contribution is -0.121. The van der Waals surface area contributed by atoms with Crippen LogP contribution in [0.4, 0.5) is 5.69 Å². The molecule has 0 aliphatic carbocycles. The van der Waals surface area contributed by atoms with Crippen LogP contribution < -0.4 is 10.6 Å². The van der Waals surface area contributed by atoms with Crippen molar-refractivity contribution in [1.82, 2.24) is 25.5 Å². The highest BCUT2D eigenvalue weighted by Crippen LogP contribution is 2.19. The number of carbonyl (C=O) groups is 1. The maximum atomic E-state index is 12.3. The van der Waals surface area contributed by atoms with Gasteiger partial charge in [-0.1, -0.05) is 49.4 Å². The third-order valence-electron chi connectivity index (χ3n) is 5.24. The molecule has 2 N–H and O–H groups in total. The fraction of sp³-hybridized carbons (Fsp3) is 0.333. The molecule has 1 amide bonds. The molecule has 1 aliphatic rings. The van der Waals surface area contributed by atoms with Crippen LogP contribution in [0.3, 0.4) is 0 Å². The van der Waals surface area contributed by atoms with Crippen molar-refractivity contribution in [2.24, 2.45) is 11.8 Å². The zero-order chi connectivity index (χ0) is 19.3. The highest BCUT2D eigenvalue weighted by Gasteiger charge is 2.28. The molecule has 2 aromatic carbocycles. The Balaban J connectivity index is 1.30. The largest absolute Gasteiger partial charge is 0.326 e. The number of hydrogen-bond acceptors (Lipinski definition) is 5. The first kappa shape index (κ1) is 18.3. The van der Waals surface area contributed by atoms with Crippen molar-refractivity contribution in [2.45, 2.75) is 19.9 Å². The normalized spacial score (nSPS) is 15.0. The van der Waals surface area contributed by atoms with E-state index in [2.05, 4.69) is 26.0 Å². The second-order valence-electron chi connectivity index (χ2n) is 7.22. The first-order valence-electron chi connectivity index (χ1n) is 9.63. The highest BCUT2D eigenvalue weighted by atomic mass is 16.1. The van der Waals surface area contributed by atoms with Crippen LogP contribution in [0.2, 0.25) is 0 Å². The summed E-state index contributed by atoms with van der Waals surface area (Å²) in [6.45, 7) is 4.49. The van der Waals surface area contributed by atoms with E-state index >= 15 is 0 Å². The summed E-state index contributed by atoms with van der Waals surface area (Å²) in [7, 11) is 0. The summed E-state index contributed by atoms with van der Waals surface area (Å²) in [5.41, 5.74) is 2.95. The summed E-state index contributed by atoms with van der Waals surface area (Å²) in [5.74, 6) is 1.18. The van der Waals surface area contributed by atoms with Crippen LogP contribution in [0.25, 0.3) is 11.4 Å². The van der Waals surface area contributed by atoms with E-state index in [4.69, 9.17) is 0 Å². The zero-order valence-electron chi connectivity index (χ0n) is 15.9. The van der Waals surface area contributed by atoms with Crippen molar-refractivity contribution in [1.29, 1.82) is 0 Å². The van der Waals surface area contributed by atoms with Crippen molar-refractivity contribution in [3.63, 3.8) is 0 Å². The third-order valence-corrected chi connectivity index (χ3v) is 5.24. The molecule has 144 valence electrons. The minimum atomic E-state index is 0.0260. The summed E-state index contributed by atoms with van der Waals surface area (Å²) < 4.78 is 0. The smallest absolute Gasteiger partial charge is 0.227 e. The molecule has 7 nitrogen and oxygen atoms in total. The summed E-state index contributed by atoms with van der Waals surface area (Å²) in [6.07, 6.45) is 0.795. The van der Waals surface area contributed by atoms with Gasteiger partial charge in [0.05, 0.1) is 6.54 Å². The molecule has 28 heavy (non-hydrogen) atoms. The van der Waals surface area contributed by atoms with Crippen LogP contribution in [0.5, 0.6) is 0 Å². The van der Waals surface area contributed by atoms with Crippen LogP contribution in [0, 0.1) is 11.8 Å². The summed E-state index contributed by atoms with van der Waals surface area (Å²) in [6, 6.07) is 17.8. The van der Waals surface area contributed by atoms with E-state index < -0.39 is 0 Å². The van der Waals surface area contributed by atoms with Gasteiger partial charge in [-0.05, 0) is 48.3 Å². The molecular formula is C21H24N6O. The lowest BCUT2D eigenvalue weighted by Gasteiger charge is -2.31. The minimum absolute atomic E-state index is 0.0260. The summed E-state index contributed by atoms with van der Waals surface area (Å²) >= 11 is 0. The van der Waals surface area contributed by atoms with Crippen molar-refractivity contribution < 1.29 is 4.79 Å². The van der Waals surface area contributed by atoms with E-state index in [-0.39, 0.29) is 11.8 Å². The van der Waals surface area contributed by atoms with E-state index in [0.29, 0.717) is 18.3 Å². The number of carbonyl (C=O) groups excluding carboxylic acids is 1. The first-order chi connectivity index (χ1) is 13.7. The van der Waals surface area contributed by atoms with E-state index in [1.165, 1.54) is 0 Å². The van der Waals surface area contributed by atoms with Gasteiger partial charge in [-0.25, -0.2) is 0 Å². The number of amides is 1. The Kier molecular flexibility index (Phi) is 5.43. The minimum Gasteiger partial charge on any atom is -0.326 e. The molecule has 3 aromatic rings. The Morgan fingerprint density at radius 2 is 1.93 bits per heavy atom. The fourth-order valence-corrected chi connectivity index (χ4v) is 3.16. The van der Waals surface area contributed by atoms with Gasteiger partial charge in [0.2, 0.25) is 11.7 Å². The van der Waals surface area contributed by atoms with Gasteiger partial charge in [0.15, 0.2) is 0 Å². The molecule has 0 saturated carbocycles. The van der Waals surface area contributed by atoms with Gasteiger partial charge in [-0.3, -0.25) is 4.79 Å². The molecule has 1 atom stereocenters. The molecule has 1 fully saturated rings. The fourth-order valence-electron chi connectivity index (χ4n) is 3.16. The Hall–Kier alpha value is -3.06. The maximum Gasteiger partial charge on any atom is 0.227 e.